The Hall–Kier alpha value is -1.35. The second kappa shape index (κ2) is 3.64. The number of hydrogen-bond acceptors (Lipinski definition) is 2. The third-order valence-corrected chi connectivity index (χ3v) is 6.60. The molecule has 0 unspecified atom stereocenters. The van der Waals surface area contributed by atoms with Crippen LogP contribution in [0, 0.1) is 16.7 Å². The average Bonchev–Trinajstić information content (AvgIpc) is 2.92. The van der Waals surface area contributed by atoms with Gasteiger partial charge in [0.1, 0.15) is 0 Å². The molecule has 0 aromatic heterocycles. The van der Waals surface area contributed by atoms with Crippen LogP contribution >= 0.6 is 0 Å². The molecule has 0 spiro atoms. The minimum absolute atomic E-state index is 0.0104. The zero-order chi connectivity index (χ0) is 14.0. The van der Waals surface area contributed by atoms with E-state index in [9.17, 15) is 4.79 Å². The van der Waals surface area contributed by atoms with E-state index in [1.54, 1.807) is 0 Å². The predicted molar refractivity (Wildman–Crippen MR) is 77.3 cm³/mol. The maximum atomic E-state index is 12.9. The third-order valence-electron chi connectivity index (χ3n) is 6.60. The number of amides is 1. The van der Waals surface area contributed by atoms with E-state index in [0.29, 0.717) is 5.92 Å². The van der Waals surface area contributed by atoms with Gasteiger partial charge in [0.05, 0.1) is 6.61 Å². The summed E-state index contributed by atoms with van der Waals surface area (Å²) in [6.45, 7) is 5.31. The molecular weight excluding hydrogens is 250 g/mol. The van der Waals surface area contributed by atoms with Crippen molar-refractivity contribution in [1.29, 1.82) is 0 Å². The highest BCUT2D eigenvalue weighted by Crippen LogP contribution is 2.75. The van der Waals surface area contributed by atoms with Gasteiger partial charge in [-0.2, -0.15) is 0 Å². The first kappa shape index (κ1) is 12.4. The maximum Gasteiger partial charge on any atom is 0.257 e. The van der Waals surface area contributed by atoms with E-state index < -0.39 is 5.60 Å². The number of rotatable bonds is 2. The molecule has 106 valence electrons. The van der Waals surface area contributed by atoms with E-state index in [2.05, 4.69) is 19.2 Å². The first-order valence-corrected chi connectivity index (χ1v) is 7.52. The Bertz CT molecular complexity index is 572. The van der Waals surface area contributed by atoms with Crippen LogP contribution in [0.1, 0.15) is 33.1 Å². The molecule has 1 aromatic rings. The van der Waals surface area contributed by atoms with Gasteiger partial charge in [0, 0.05) is 16.5 Å². The van der Waals surface area contributed by atoms with Gasteiger partial charge in [-0.3, -0.25) is 4.79 Å². The molecular formula is C17H21NO2. The molecule has 1 heterocycles. The van der Waals surface area contributed by atoms with Crippen LogP contribution in [0.4, 0.5) is 5.69 Å². The van der Waals surface area contributed by atoms with Gasteiger partial charge in [0.2, 0.25) is 0 Å². The molecule has 1 aromatic carbocycles. The van der Waals surface area contributed by atoms with Crippen molar-refractivity contribution in [2.45, 2.75) is 38.7 Å². The summed E-state index contributed by atoms with van der Waals surface area (Å²) in [5.41, 5.74) is 0.417. The molecule has 20 heavy (non-hydrogen) atoms. The van der Waals surface area contributed by atoms with Crippen molar-refractivity contribution in [2.75, 3.05) is 11.9 Å². The molecule has 4 atom stereocenters. The molecule has 4 bridgehead atoms. The van der Waals surface area contributed by atoms with Crippen molar-refractivity contribution in [1.82, 2.24) is 0 Å². The second-order valence-electron chi connectivity index (χ2n) is 7.13. The molecule has 2 aliphatic carbocycles. The van der Waals surface area contributed by atoms with Crippen LogP contribution in [0.3, 0.4) is 0 Å². The number of ether oxygens (including phenoxy) is 1. The summed E-state index contributed by atoms with van der Waals surface area (Å²) in [4.78, 5) is 12.9. The minimum Gasteiger partial charge on any atom is -0.364 e. The van der Waals surface area contributed by atoms with Crippen LogP contribution in [0.25, 0.3) is 0 Å². The van der Waals surface area contributed by atoms with E-state index >= 15 is 0 Å². The molecule has 0 radical (unpaired) electrons. The fourth-order valence-electron chi connectivity index (χ4n) is 5.01. The summed E-state index contributed by atoms with van der Waals surface area (Å²) in [6, 6.07) is 9.69. The number of carbonyl (C=O) groups excluding carboxylic acids is 1. The number of para-hydroxylation sites is 1. The monoisotopic (exact) mass is 271 g/mol. The highest BCUT2D eigenvalue weighted by Gasteiger charge is 2.78. The minimum atomic E-state index is -0.611. The van der Waals surface area contributed by atoms with E-state index in [1.807, 2.05) is 30.3 Å². The molecule has 1 amide bonds. The molecule has 3 fully saturated rings. The molecule has 3 heteroatoms. The van der Waals surface area contributed by atoms with Crippen molar-refractivity contribution < 1.29 is 9.53 Å². The van der Waals surface area contributed by atoms with Gasteiger partial charge in [0.25, 0.3) is 5.91 Å². The molecule has 1 saturated heterocycles. The molecule has 3 aliphatic rings. The summed E-state index contributed by atoms with van der Waals surface area (Å²) in [5.74, 6) is 0.694. The van der Waals surface area contributed by atoms with Crippen molar-refractivity contribution in [2.24, 2.45) is 16.7 Å². The molecule has 1 aliphatic heterocycles. The van der Waals surface area contributed by atoms with Crippen molar-refractivity contribution in [3.8, 4) is 0 Å². The first-order chi connectivity index (χ1) is 9.52. The zero-order valence-electron chi connectivity index (χ0n) is 12.1. The Morgan fingerprint density at radius 1 is 1.30 bits per heavy atom. The van der Waals surface area contributed by atoms with Crippen molar-refractivity contribution >= 4 is 11.6 Å². The van der Waals surface area contributed by atoms with Gasteiger partial charge in [0.15, 0.2) is 5.60 Å². The highest BCUT2D eigenvalue weighted by molar-refractivity contribution is 5.99. The van der Waals surface area contributed by atoms with Crippen LogP contribution < -0.4 is 5.32 Å². The van der Waals surface area contributed by atoms with Gasteiger partial charge in [-0.25, -0.2) is 0 Å². The Morgan fingerprint density at radius 2 is 2.05 bits per heavy atom. The lowest BCUT2D eigenvalue weighted by Crippen LogP contribution is -2.52. The Kier molecular flexibility index (Phi) is 2.26. The van der Waals surface area contributed by atoms with Crippen LogP contribution in [-0.2, 0) is 9.53 Å². The standard InChI is InChI=1S/C17H21NO2/c1-15-11-20-17(10-12(15)8-9-16(15,17)2)14(19)18-13-6-4-3-5-7-13/h3-7,12H,8-11H2,1-2H3,(H,18,19)/t12-,15+,16+,17+/m1/s1. The lowest BCUT2D eigenvalue weighted by Gasteiger charge is -2.39. The first-order valence-electron chi connectivity index (χ1n) is 7.52. The number of anilines is 1. The van der Waals surface area contributed by atoms with Crippen LogP contribution in [-0.4, -0.2) is 18.1 Å². The molecule has 2 saturated carbocycles. The topological polar surface area (TPSA) is 38.3 Å². The van der Waals surface area contributed by atoms with Crippen molar-refractivity contribution in [3.05, 3.63) is 30.3 Å². The number of hydrogen-bond donors (Lipinski definition) is 1. The zero-order valence-corrected chi connectivity index (χ0v) is 12.1. The second-order valence-corrected chi connectivity index (χ2v) is 7.13. The molecule has 1 N–H and O–H groups in total. The number of benzene rings is 1. The molecule has 4 rings (SSSR count). The van der Waals surface area contributed by atoms with Crippen molar-refractivity contribution in [3.63, 3.8) is 0 Å². The normalized spacial score (nSPS) is 44.8. The van der Waals surface area contributed by atoms with E-state index in [4.69, 9.17) is 4.74 Å². The quantitative estimate of drug-likeness (QED) is 0.897. The number of nitrogens with one attached hydrogen (secondary N) is 1. The SMILES string of the molecule is C[C@@]12CC[C@@H]3C[C@@]1(C(=O)Nc1ccccc1)OC[C@@]32C. The van der Waals surface area contributed by atoms with Crippen LogP contribution in [0.2, 0.25) is 0 Å². The Balaban J connectivity index is 1.68. The summed E-state index contributed by atoms with van der Waals surface area (Å²) in [7, 11) is 0. The smallest absolute Gasteiger partial charge is 0.257 e. The summed E-state index contributed by atoms with van der Waals surface area (Å²) in [5, 5.41) is 3.07. The summed E-state index contributed by atoms with van der Waals surface area (Å²) < 4.78 is 6.10. The summed E-state index contributed by atoms with van der Waals surface area (Å²) >= 11 is 0. The van der Waals surface area contributed by atoms with Gasteiger partial charge in [-0.15, -0.1) is 0 Å². The third kappa shape index (κ3) is 1.19. The van der Waals surface area contributed by atoms with E-state index in [0.717, 1.165) is 25.1 Å². The summed E-state index contributed by atoms with van der Waals surface area (Å²) in [6.07, 6.45) is 3.24. The fourth-order valence-corrected chi connectivity index (χ4v) is 5.01. The van der Waals surface area contributed by atoms with Gasteiger partial charge >= 0.3 is 0 Å². The van der Waals surface area contributed by atoms with Gasteiger partial charge < -0.3 is 10.1 Å². The van der Waals surface area contributed by atoms with Crippen LogP contribution in [0.15, 0.2) is 30.3 Å². The van der Waals surface area contributed by atoms with Gasteiger partial charge in [-0.1, -0.05) is 32.0 Å². The van der Waals surface area contributed by atoms with Crippen LogP contribution in [0.5, 0.6) is 0 Å². The van der Waals surface area contributed by atoms with E-state index in [-0.39, 0.29) is 16.7 Å². The molecule has 3 nitrogen and oxygen atoms in total. The van der Waals surface area contributed by atoms with E-state index in [1.165, 1.54) is 6.42 Å². The van der Waals surface area contributed by atoms with Gasteiger partial charge in [-0.05, 0) is 37.3 Å². The average molecular weight is 271 g/mol. The predicted octanol–water partition coefficient (Wildman–Crippen LogP) is 3.22. The Labute approximate surface area is 119 Å². The lowest BCUT2D eigenvalue weighted by atomic mass is 9.66. The lowest BCUT2D eigenvalue weighted by molar-refractivity contribution is -0.149. The largest absolute Gasteiger partial charge is 0.364 e. The maximum absolute atomic E-state index is 12.9. The fraction of sp³-hybridized carbons (Fsp3) is 0.588. The Morgan fingerprint density at radius 3 is 2.70 bits per heavy atom. The number of carbonyl (C=O) groups is 1. The highest BCUT2D eigenvalue weighted by atomic mass is 16.5.